The number of ether oxygens (including phenoxy) is 1. The molecule has 0 heterocycles. The second kappa shape index (κ2) is 8.94. The van der Waals surface area contributed by atoms with Crippen LogP contribution < -0.4 is 16.0 Å². The fraction of sp³-hybridized carbons (Fsp3) is 0.556. The molecule has 1 rings (SSSR count). The van der Waals surface area contributed by atoms with E-state index in [1.165, 1.54) is 0 Å². The minimum atomic E-state index is -0.528. The van der Waals surface area contributed by atoms with Gasteiger partial charge in [0.1, 0.15) is 5.60 Å². The van der Waals surface area contributed by atoms with Crippen molar-refractivity contribution in [1.82, 2.24) is 16.0 Å². The van der Waals surface area contributed by atoms with Crippen LogP contribution in [0.2, 0.25) is 5.02 Å². The molecule has 0 unspecified atom stereocenters. The Kier molecular flexibility index (Phi) is 7.55. The highest BCUT2D eigenvalue weighted by atomic mass is 35.5. The van der Waals surface area contributed by atoms with E-state index in [0.29, 0.717) is 24.1 Å². The minimum absolute atomic E-state index is 0.446. The van der Waals surface area contributed by atoms with Gasteiger partial charge in [0.15, 0.2) is 5.96 Å². The maximum absolute atomic E-state index is 11.9. The molecule has 3 N–H and O–H groups in total. The second-order valence-corrected chi connectivity index (χ2v) is 7.79. The Labute approximate surface area is 155 Å². The van der Waals surface area contributed by atoms with Gasteiger partial charge in [0.2, 0.25) is 0 Å². The Bertz CT molecular complexity index is 609. The van der Waals surface area contributed by atoms with Gasteiger partial charge in [-0.3, -0.25) is 4.99 Å². The first-order valence-electron chi connectivity index (χ1n) is 8.21. The molecule has 0 bridgehead atoms. The summed E-state index contributed by atoms with van der Waals surface area (Å²) in [7, 11) is 1.69. The molecule has 1 aromatic rings. The normalized spacial score (nSPS) is 12.5. The first-order valence-corrected chi connectivity index (χ1v) is 8.59. The van der Waals surface area contributed by atoms with Crippen molar-refractivity contribution >= 4 is 23.7 Å². The molecule has 6 nitrogen and oxygen atoms in total. The number of carbonyl (C=O) groups excluding carboxylic acids is 1. The summed E-state index contributed by atoms with van der Waals surface area (Å²) < 4.78 is 5.29. The quantitative estimate of drug-likeness (QED) is 0.550. The van der Waals surface area contributed by atoms with Crippen molar-refractivity contribution in [3.8, 4) is 0 Å². The fourth-order valence-corrected chi connectivity index (χ4v) is 2.17. The third kappa shape index (κ3) is 8.63. The third-order valence-electron chi connectivity index (χ3n) is 3.16. The van der Waals surface area contributed by atoms with Gasteiger partial charge in [0.05, 0.1) is 5.54 Å². The standard InChI is InChI=1S/C18H29ClN4O2/c1-17(2,3)25-16(24)23-18(4,5)12-22-15(20-6)21-11-13-9-7-8-10-14(13)19/h7-10H,11-12H2,1-6H3,(H,23,24)(H2,20,21,22). The zero-order valence-electron chi connectivity index (χ0n) is 15.9. The molecular weight excluding hydrogens is 340 g/mol. The molecule has 25 heavy (non-hydrogen) atoms. The molecule has 0 aromatic heterocycles. The first-order chi connectivity index (χ1) is 11.5. The predicted molar refractivity (Wildman–Crippen MR) is 103 cm³/mol. The smallest absolute Gasteiger partial charge is 0.408 e. The molecule has 0 aliphatic carbocycles. The van der Waals surface area contributed by atoms with Gasteiger partial charge in [-0.05, 0) is 46.2 Å². The number of nitrogens with one attached hydrogen (secondary N) is 3. The summed E-state index contributed by atoms with van der Waals surface area (Å²) in [5, 5.41) is 9.95. The van der Waals surface area contributed by atoms with Gasteiger partial charge in [-0.15, -0.1) is 0 Å². The number of halogens is 1. The van der Waals surface area contributed by atoms with Crippen molar-refractivity contribution < 1.29 is 9.53 Å². The Hall–Kier alpha value is -1.95. The van der Waals surface area contributed by atoms with Crippen molar-refractivity contribution in [1.29, 1.82) is 0 Å². The lowest BCUT2D eigenvalue weighted by Crippen LogP contribution is -2.54. The van der Waals surface area contributed by atoms with Gasteiger partial charge in [-0.1, -0.05) is 29.8 Å². The topological polar surface area (TPSA) is 74.8 Å². The average Bonchev–Trinajstić information content (AvgIpc) is 2.46. The molecule has 0 aliphatic heterocycles. The number of hydrogen-bond acceptors (Lipinski definition) is 3. The van der Waals surface area contributed by atoms with Crippen LogP contribution in [0.15, 0.2) is 29.3 Å². The van der Waals surface area contributed by atoms with Gasteiger partial charge in [-0.2, -0.15) is 0 Å². The van der Waals surface area contributed by atoms with E-state index in [1.54, 1.807) is 7.05 Å². The molecular formula is C18H29ClN4O2. The highest BCUT2D eigenvalue weighted by Crippen LogP contribution is 2.14. The summed E-state index contributed by atoms with van der Waals surface area (Å²) in [6.45, 7) is 10.3. The minimum Gasteiger partial charge on any atom is -0.444 e. The van der Waals surface area contributed by atoms with Crippen LogP contribution in [0, 0.1) is 0 Å². The molecule has 0 saturated heterocycles. The van der Waals surface area contributed by atoms with Crippen LogP contribution in [0.25, 0.3) is 0 Å². The van der Waals surface area contributed by atoms with Crippen molar-refractivity contribution in [3.05, 3.63) is 34.9 Å². The summed E-state index contributed by atoms with van der Waals surface area (Å²) in [5.74, 6) is 0.624. The van der Waals surface area contributed by atoms with Crippen LogP contribution in [0.4, 0.5) is 4.79 Å². The lowest BCUT2D eigenvalue weighted by Gasteiger charge is -2.29. The van der Waals surface area contributed by atoms with E-state index in [0.717, 1.165) is 5.56 Å². The molecule has 7 heteroatoms. The van der Waals surface area contributed by atoms with Crippen LogP contribution in [0.5, 0.6) is 0 Å². The molecule has 0 radical (unpaired) electrons. The number of nitrogens with zero attached hydrogens (tertiary/aromatic N) is 1. The van der Waals surface area contributed by atoms with Crippen LogP contribution >= 0.6 is 11.6 Å². The summed E-state index contributed by atoms with van der Waals surface area (Å²) in [6.07, 6.45) is -0.446. The summed E-state index contributed by atoms with van der Waals surface area (Å²) >= 11 is 6.15. The Morgan fingerprint density at radius 3 is 2.36 bits per heavy atom. The fourth-order valence-electron chi connectivity index (χ4n) is 1.97. The second-order valence-electron chi connectivity index (χ2n) is 7.38. The zero-order valence-corrected chi connectivity index (χ0v) is 16.6. The highest BCUT2D eigenvalue weighted by molar-refractivity contribution is 6.31. The van der Waals surface area contributed by atoms with E-state index in [9.17, 15) is 4.79 Å². The van der Waals surface area contributed by atoms with E-state index in [-0.39, 0.29) is 0 Å². The molecule has 0 spiro atoms. The number of benzene rings is 1. The number of aliphatic imine (C=N–C) groups is 1. The monoisotopic (exact) mass is 368 g/mol. The summed E-state index contributed by atoms with van der Waals surface area (Å²) in [4.78, 5) is 16.1. The van der Waals surface area contributed by atoms with E-state index < -0.39 is 17.2 Å². The van der Waals surface area contributed by atoms with Gasteiger partial charge in [0.25, 0.3) is 0 Å². The average molecular weight is 369 g/mol. The maximum Gasteiger partial charge on any atom is 0.408 e. The maximum atomic E-state index is 11.9. The van der Waals surface area contributed by atoms with Crippen molar-refractivity contribution in [2.75, 3.05) is 13.6 Å². The summed E-state index contributed by atoms with van der Waals surface area (Å²) in [5.41, 5.74) is -0.0527. The number of amides is 1. The van der Waals surface area contributed by atoms with Crippen molar-refractivity contribution in [3.63, 3.8) is 0 Å². The summed E-state index contributed by atoms with van der Waals surface area (Å²) in [6, 6.07) is 7.63. The van der Waals surface area contributed by atoms with E-state index in [1.807, 2.05) is 58.9 Å². The van der Waals surface area contributed by atoms with Gasteiger partial charge in [-0.25, -0.2) is 4.79 Å². The third-order valence-corrected chi connectivity index (χ3v) is 3.53. The lowest BCUT2D eigenvalue weighted by molar-refractivity contribution is 0.0474. The van der Waals surface area contributed by atoms with Crippen molar-refractivity contribution in [2.45, 2.75) is 52.3 Å². The van der Waals surface area contributed by atoms with E-state index >= 15 is 0 Å². The van der Waals surface area contributed by atoms with Gasteiger partial charge in [0, 0.05) is 25.2 Å². The molecule has 0 aliphatic rings. The van der Waals surface area contributed by atoms with Crippen molar-refractivity contribution in [2.24, 2.45) is 4.99 Å². The van der Waals surface area contributed by atoms with Gasteiger partial charge < -0.3 is 20.7 Å². The molecule has 1 amide bonds. The number of guanidine groups is 1. The molecule has 0 fully saturated rings. The highest BCUT2D eigenvalue weighted by Gasteiger charge is 2.24. The lowest BCUT2D eigenvalue weighted by atomic mass is 10.1. The first kappa shape index (κ1) is 21.1. The van der Waals surface area contributed by atoms with E-state index in [2.05, 4.69) is 20.9 Å². The number of hydrogen-bond donors (Lipinski definition) is 3. The Balaban J connectivity index is 2.50. The zero-order chi connectivity index (χ0) is 19.1. The molecule has 1 aromatic carbocycles. The Morgan fingerprint density at radius 2 is 1.80 bits per heavy atom. The van der Waals surface area contributed by atoms with Crippen LogP contribution in [-0.2, 0) is 11.3 Å². The van der Waals surface area contributed by atoms with E-state index in [4.69, 9.17) is 16.3 Å². The molecule has 0 saturated carbocycles. The predicted octanol–water partition coefficient (Wildman–Crippen LogP) is 3.31. The number of alkyl carbamates (subject to hydrolysis) is 1. The molecule has 140 valence electrons. The Morgan fingerprint density at radius 1 is 1.16 bits per heavy atom. The van der Waals surface area contributed by atoms with Crippen LogP contribution in [-0.4, -0.2) is 36.8 Å². The van der Waals surface area contributed by atoms with Gasteiger partial charge >= 0.3 is 6.09 Å². The van der Waals surface area contributed by atoms with Crippen LogP contribution in [0.1, 0.15) is 40.2 Å². The number of carbonyl (C=O) groups is 1. The van der Waals surface area contributed by atoms with Crippen LogP contribution in [0.3, 0.4) is 0 Å². The SMILES string of the molecule is CN=C(NCc1ccccc1Cl)NCC(C)(C)NC(=O)OC(C)(C)C. The molecule has 0 atom stereocenters. The largest absolute Gasteiger partial charge is 0.444 e. The number of rotatable bonds is 5.